The normalized spacial score (nSPS) is 10.2. The largest absolute Gasteiger partial charge is 0.478 e. The molecule has 0 bridgehead atoms. The molecule has 3 nitrogen and oxygen atoms in total. The molecule has 0 amide bonds. The van der Waals surface area contributed by atoms with Crippen molar-refractivity contribution in [2.75, 3.05) is 0 Å². The van der Waals surface area contributed by atoms with Crippen LogP contribution >= 0.6 is 15.9 Å². The summed E-state index contributed by atoms with van der Waals surface area (Å²) < 4.78 is 5.90. The fraction of sp³-hybridized carbons (Fsp3) is 0. The third kappa shape index (κ3) is 1.94. The van der Waals surface area contributed by atoms with Crippen LogP contribution in [0.25, 0.3) is 11.3 Å². The second-order valence-electron chi connectivity index (χ2n) is 2.97. The van der Waals surface area contributed by atoms with Crippen molar-refractivity contribution in [2.24, 2.45) is 0 Å². The Kier molecular flexibility index (Phi) is 2.60. The van der Waals surface area contributed by atoms with Crippen LogP contribution in [-0.2, 0) is 0 Å². The van der Waals surface area contributed by atoms with Crippen LogP contribution in [-0.4, -0.2) is 11.1 Å². The minimum atomic E-state index is -0.970. The van der Waals surface area contributed by atoms with Crippen LogP contribution in [0.1, 0.15) is 10.4 Å². The fourth-order valence-electron chi connectivity index (χ4n) is 1.34. The molecule has 0 saturated carbocycles. The Bertz CT molecular complexity index is 489. The first-order valence-electron chi connectivity index (χ1n) is 4.25. The summed E-state index contributed by atoms with van der Waals surface area (Å²) in [5.41, 5.74) is 0.801. The number of carboxylic acid groups (broad SMARTS) is 1. The number of hydrogen-bond acceptors (Lipinski definition) is 2. The summed E-state index contributed by atoms with van der Waals surface area (Å²) in [6.45, 7) is 0. The summed E-state index contributed by atoms with van der Waals surface area (Å²) in [5.74, 6) is -0.414. The maximum absolute atomic E-state index is 11.0. The van der Waals surface area contributed by atoms with E-state index in [1.54, 1.807) is 30.3 Å². The molecule has 0 saturated heterocycles. The SMILES string of the molecule is O=C(O)c1cc(Br)ccc1-c1ccco1. The van der Waals surface area contributed by atoms with Crippen LogP contribution in [0, 0.1) is 0 Å². The van der Waals surface area contributed by atoms with Gasteiger partial charge in [-0.15, -0.1) is 0 Å². The fourth-order valence-corrected chi connectivity index (χ4v) is 1.70. The lowest BCUT2D eigenvalue weighted by Crippen LogP contribution is -1.98. The molecule has 2 rings (SSSR count). The number of rotatable bonds is 2. The van der Waals surface area contributed by atoms with Gasteiger partial charge in [-0.25, -0.2) is 4.79 Å². The lowest BCUT2D eigenvalue weighted by atomic mass is 10.1. The molecule has 0 fully saturated rings. The molecule has 0 atom stereocenters. The number of aromatic carboxylic acids is 1. The van der Waals surface area contributed by atoms with Gasteiger partial charge in [-0.3, -0.25) is 0 Å². The Labute approximate surface area is 94.5 Å². The summed E-state index contributed by atoms with van der Waals surface area (Å²) in [7, 11) is 0. The summed E-state index contributed by atoms with van der Waals surface area (Å²) in [4.78, 5) is 11.0. The van der Waals surface area contributed by atoms with Crippen LogP contribution in [0.3, 0.4) is 0 Å². The van der Waals surface area contributed by atoms with Gasteiger partial charge in [-0.05, 0) is 30.3 Å². The van der Waals surface area contributed by atoms with Gasteiger partial charge in [0.25, 0.3) is 0 Å². The molecule has 0 aliphatic carbocycles. The van der Waals surface area contributed by atoms with Gasteiger partial charge in [0.05, 0.1) is 11.8 Å². The molecule has 1 N–H and O–H groups in total. The molecule has 1 aromatic carbocycles. The van der Waals surface area contributed by atoms with E-state index >= 15 is 0 Å². The highest BCUT2D eigenvalue weighted by molar-refractivity contribution is 9.10. The average Bonchev–Trinajstić information content (AvgIpc) is 2.70. The van der Waals surface area contributed by atoms with E-state index in [9.17, 15) is 4.79 Å². The van der Waals surface area contributed by atoms with Gasteiger partial charge in [-0.2, -0.15) is 0 Å². The minimum absolute atomic E-state index is 0.222. The zero-order chi connectivity index (χ0) is 10.8. The zero-order valence-electron chi connectivity index (χ0n) is 7.61. The van der Waals surface area contributed by atoms with Gasteiger partial charge < -0.3 is 9.52 Å². The first-order chi connectivity index (χ1) is 7.18. The van der Waals surface area contributed by atoms with Crippen molar-refractivity contribution in [1.29, 1.82) is 0 Å². The van der Waals surface area contributed by atoms with Crippen molar-refractivity contribution in [3.63, 3.8) is 0 Å². The number of carbonyl (C=O) groups is 1. The molecule has 0 spiro atoms. The molecule has 0 aliphatic heterocycles. The topological polar surface area (TPSA) is 50.4 Å². The molecule has 4 heteroatoms. The lowest BCUT2D eigenvalue weighted by molar-refractivity contribution is 0.0697. The highest BCUT2D eigenvalue weighted by atomic mass is 79.9. The highest BCUT2D eigenvalue weighted by Gasteiger charge is 2.13. The third-order valence-corrected chi connectivity index (χ3v) is 2.49. The zero-order valence-corrected chi connectivity index (χ0v) is 9.19. The summed E-state index contributed by atoms with van der Waals surface area (Å²) in [6, 6.07) is 8.51. The standard InChI is InChI=1S/C11H7BrO3/c12-7-3-4-8(9(6-7)11(13)14)10-2-1-5-15-10/h1-6H,(H,13,14). The molecule has 1 aromatic heterocycles. The number of halogens is 1. The first kappa shape index (κ1) is 9.98. The quantitative estimate of drug-likeness (QED) is 0.907. The van der Waals surface area contributed by atoms with Gasteiger partial charge in [0.1, 0.15) is 5.76 Å². The molecule has 0 unspecified atom stereocenters. The Morgan fingerprint density at radius 1 is 1.33 bits per heavy atom. The van der Waals surface area contributed by atoms with Crippen LogP contribution in [0.4, 0.5) is 0 Å². The van der Waals surface area contributed by atoms with Crippen molar-refractivity contribution in [3.05, 3.63) is 46.6 Å². The van der Waals surface area contributed by atoms with Crippen molar-refractivity contribution < 1.29 is 14.3 Å². The predicted molar refractivity (Wildman–Crippen MR) is 58.8 cm³/mol. The summed E-state index contributed by atoms with van der Waals surface area (Å²) in [6.07, 6.45) is 1.52. The number of benzene rings is 1. The van der Waals surface area contributed by atoms with Gasteiger partial charge in [0, 0.05) is 10.0 Å². The van der Waals surface area contributed by atoms with E-state index in [1.807, 2.05) is 0 Å². The van der Waals surface area contributed by atoms with E-state index in [4.69, 9.17) is 9.52 Å². The van der Waals surface area contributed by atoms with Gasteiger partial charge in [0.2, 0.25) is 0 Å². The molecule has 15 heavy (non-hydrogen) atoms. The molecule has 76 valence electrons. The molecular weight excluding hydrogens is 260 g/mol. The molecule has 0 aliphatic rings. The van der Waals surface area contributed by atoms with E-state index in [0.29, 0.717) is 11.3 Å². The minimum Gasteiger partial charge on any atom is -0.478 e. The average molecular weight is 267 g/mol. The highest BCUT2D eigenvalue weighted by Crippen LogP contribution is 2.26. The Morgan fingerprint density at radius 2 is 2.13 bits per heavy atom. The second-order valence-corrected chi connectivity index (χ2v) is 3.89. The van der Waals surface area contributed by atoms with Crippen molar-refractivity contribution >= 4 is 21.9 Å². The maximum Gasteiger partial charge on any atom is 0.336 e. The molecule has 1 heterocycles. The maximum atomic E-state index is 11.0. The smallest absolute Gasteiger partial charge is 0.336 e. The van der Waals surface area contributed by atoms with E-state index in [-0.39, 0.29) is 5.56 Å². The first-order valence-corrected chi connectivity index (χ1v) is 5.04. The summed E-state index contributed by atoms with van der Waals surface area (Å²) in [5, 5.41) is 9.03. The number of hydrogen-bond donors (Lipinski definition) is 1. The van der Waals surface area contributed by atoms with Crippen LogP contribution in [0.15, 0.2) is 45.5 Å². The Balaban J connectivity index is 2.61. The third-order valence-electron chi connectivity index (χ3n) is 2.00. The molecular formula is C11H7BrO3. The van der Waals surface area contributed by atoms with Gasteiger partial charge in [-0.1, -0.05) is 15.9 Å². The van der Waals surface area contributed by atoms with Gasteiger partial charge in [0.15, 0.2) is 0 Å². The van der Waals surface area contributed by atoms with Crippen LogP contribution < -0.4 is 0 Å². The molecule has 0 radical (unpaired) electrons. The monoisotopic (exact) mass is 266 g/mol. The van der Waals surface area contributed by atoms with Crippen LogP contribution in [0.5, 0.6) is 0 Å². The number of carboxylic acids is 1. The van der Waals surface area contributed by atoms with Crippen LogP contribution in [0.2, 0.25) is 0 Å². The molecule has 2 aromatic rings. The van der Waals surface area contributed by atoms with Crippen molar-refractivity contribution in [2.45, 2.75) is 0 Å². The van der Waals surface area contributed by atoms with E-state index < -0.39 is 5.97 Å². The van der Waals surface area contributed by atoms with E-state index in [1.165, 1.54) is 6.26 Å². The summed E-state index contributed by atoms with van der Waals surface area (Å²) >= 11 is 3.23. The van der Waals surface area contributed by atoms with E-state index in [2.05, 4.69) is 15.9 Å². The van der Waals surface area contributed by atoms with Crippen molar-refractivity contribution in [3.8, 4) is 11.3 Å². The second kappa shape index (κ2) is 3.90. The Hall–Kier alpha value is -1.55. The predicted octanol–water partition coefficient (Wildman–Crippen LogP) is 3.41. The Morgan fingerprint density at radius 3 is 2.73 bits per heavy atom. The number of furan rings is 1. The van der Waals surface area contributed by atoms with Crippen molar-refractivity contribution in [1.82, 2.24) is 0 Å². The van der Waals surface area contributed by atoms with E-state index in [0.717, 1.165) is 4.47 Å². The lowest BCUT2D eigenvalue weighted by Gasteiger charge is -2.03. The van der Waals surface area contributed by atoms with Gasteiger partial charge >= 0.3 is 5.97 Å².